The molecule has 2 rings (SSSR count). The second-order valence-corrected chi connectivity index (χ2v) is 6.65. The Morgan fingerprint density at radius 3 is 2.84 bits per heavy atom. The maximum atomic E-state index is 12.1. The molecule has 3 N–H and O–H groups in total. The normalized spacial score (nSPS) is 11.9. The molecule has 19 heavy (non-hydrogen) atoms. The molecule has 0 spiro atoms. The third kappa shape index (κ3) is 3.21. The van der Waals surface area contributed by atoms with Crippen LogP contribution in [0.4, 0.5) is 0 Å². The Kier molecular flexibility index (Phi) is 4.35. The van der Waals surface area contributed by atoms with Gasteiger partial charge in [-0.3, -0.25) is 0 Å². The molecular weight excluding hydrogens is 284 g/mol. The van der Waals surface area contributed by atoms with E-state index in [1.165, 1.54) is 11.3 Å². The molecule has 0 saturated heterocycles. The van der Waals surface area contributed by atoms with Crippen molar-refractivity contribution < 1.29 is 8.42 Å². The molecule has 0 aliphatic carbocycles. The van der Waals surface area contributed by atoms with E-state index in [1.807, 2.05) is 16.9 Å². The molecule has 2 heterocycles. The molecule has 0 radical (unpaired) electrons. The summed E-state index contributed by atoms with van der Waals surface area (Å²) in [4.78, 5) is 4.28. The minimum atomic E-state index is -3.52. The number of hydrogen-bond acceptors (Lipinski definition) is 5. The molecule has 0 amide bonds. The van der Waals surface area contributed by atoms with Crippen LogP contribution in [-0.2, 0) is 29.7 Å². The Morgan fingerprint density at radius 1 is 1.53 bits per heavy atom. The number of nitrogens with zero attached hydrogens (tertiary/aromatic N) is 2. The zero-order chi connectivity index (χ0) is 13.9. The fourth-order valence-electron chi connectivity index (χ4n) is 1.72. The summed E-state index contributed by atoms with van der Waals surface area (Å²) < 4.78 is 28.6. The lowest BCUT2D eigenvalue weighted by atomic mass is 10.4. The summed E-state index contributed by atoms with van der Waals surface area (Å²) in [5, 5.41) is 2.54. The first-order valence-electron chi connectivity index (χ1n) is 5.84. The minimum absolute atomic E-state index is 0.204. The molecule has 0 aromatic carbocycles. The second kappa shape index (κ2) is 5.83. The van der Waals surface area contributed by atoms with Gasteiger partial charge in [0.1, 0.15) is 5.01 Å². The summed E-state index contributed by atoms with van der Waals surface area (Å²) in [6.07, 6.45) is 3.25. The van der Waals surface area contributed by atoms with Crippen LogP contribution < -0.4 is 10.5 Å². The first kappa shape index (κ1) is 14.2. The Balaban J connectivity index is 2.17. The number of rotatable bonds is 6. The summed E-state index contributed by atoms with van der Waals surface area (Å²) in [5.74, 6) is 0. The second-order valence-electron chi connectivity index (χ2n) is 3.91. The number of aromatic nitrogens is 2. The van der Waals surface area contributed by atoms with E-state index in [4.69, 9.17) is 5.73 Å². The highest BCUT2D eigenvalue weighted by Crippen LogP contribution is 2.15. The van der Waals surface area contributed by atoms with Gasteiger partial charge in [0.15, 0.2) is 0 Å². The number of thiazole rings is 1. The predicted molar refractivity (Wildman–Crippen MR) is 74.1 cm³/mol. The van der Waals surface area contributed by atoms with Gasteiger partial charge in [0, 0.05) is 36.6 Å². The monoisotopic (exact) mass is 300 g/mol. The van der Waals surface area contributed by atoms with Crippen molar-refractivity contribution in [2.75, 3.05) is 0 Å². The van der Waals surface area contributed by atoms with E-state index in [0.29, 0.717) is 13.1 Å². The lowest BCUT2D eigenvalue weighted by molar-refractivity contribution is 0.580. The van der Waals surface area contributed by atoms with Crippen molar-refractivity contribution in [3.63, 3.8) is 0 Å². The molecule has 2 aromatic rings. The van der Waals surface area contributed by atoms with Gasteiger partial charge in [-0.05, 0) is 13.0 Å². The van der Waals surface area contributed by atoms with Gasteiger partial charge in [-0.25, -0.2) is 18.1 Å². The van der Waals surface area contributed by atoms with Crippen LogP contribution in [0.3, 0.4) is 0 Å². The van der Waals surface area contributed by atoms with Crippen LogP contribution >= 0.6 is 11.3 Å². The van der Waals surface area contributed by atoms with Crippen molar-refractivity contribution in [1.82, 2.24) is 14.3 Å². The van der Waals surface area contributed by atoms with Gasteiger partial charge in [-0.2, -0.15) is 0 Å². The van der Waals surface area contributed by atoms with Crippen LogP contribution in [-0.4, -0.2) is 18.0 Å². The van der Waals surface area contributed by atoms with Gasteiger partial charge in [0.2, 0.25) is 10.0 Å². The minimum Gasteiger partial charge on any atom is -0.349 e. The van der Waals surface area contributed by atoms with Crippen LogP contribution in [0.5, 0.6) is 0 Å². The van der Waals surface area contributed by atoms with E-state index >= 15 is 0 Å². The fraction of sp³-hybridized carbons (Fsp3) is 0.364. The van der Waals surface area contributed by atoms with E-state index < -0.39 is 10.0 Å². The largest absolute Gasteiger partial charge is 0.349 e. The van der Waals surface area contributed by atoms with Crippen molar-refractivity contribution in [1.29, 1.82) is 0 Å². The molecule has 0 bridgehead atoms. The van der Waals surface area contributed by atoms with Gasteiger partial charge >= 0.3 is 0 Å². The number of nitrogens with one attached hydrogen (secondary N) is 1. The maximum absolute atomic E-state index is 12.1. The van der Waals surface area contributed by atoms with Crippen molar-refractivity contribution >= 4 is 21.4 Å². The number of hydrogen-bond donors (Lipinski definition) is 2. The summed E-state index contributed by atoms with van der Waals surface area (Å²) in [6.45, 7) is 3.15. The Hall–Kier alpha value is -1.22. The molecule has 8 heteroatoms. The summed E-state index contributed by atoms with van der Waals surface area (Å²) in [6, 6.07) is 1.60. The van der Waals surface area contributed by atoms with Crippen LogP contribution in [0, 0.1) is 0 Å². The number of aryl methyl sites for hydroxylation is 1. The van der Waals surface area contributed by atoms with E-state index in [9.17, 15) is 8.42 Å². The summed E-state index contributed by atoms with van der Waals surface area (Å²) in [5.41, 5.74) is 6.39. The van der Waals surface area contributed by atoms with Crippen molar-refractivity contribution in [2.45, 2.75) is 31.5 Å². The van der Waals surface area contributed by atoms with Crippen LogP contribution in [0.15, 0.2) is 28.7 Å². The summed E-state index contributed by atoms with van der Waals surface area (Å²) >= 11 is 1.41. The topological polar surface area (TPSA) is 90.0 Å². The van der Waals surface area contributed by atoms with Crippen LogP contribution in [0.25, 0.3) is 0 Å². The number of nitrogens with two attached hydrogens (primary N) is 1. The molecule has 0 aliphatic heterocycles. The number of sulfonamides is 1. The lowest BCUT2D eigenvalue weighted by Gasteiger charge is -2.02. The van der Waals surface area contributed by atoms with Crippen LogP contribution in [0.2, 0.25) is 0 Å². The molecule has 0 atom stereocenters. The average molecular weight is 300 g/mol. The van der Waals surface area contributed by atoms with Gasteiger partial charge in [-0.1, -0.05) is 0 Å². The first-order valence-corrected chi connectivity index (χ1v) is 8.20. The highest BCUT2D eigenvalue weighted by Gasteiger charge is 2.17. The van der Waals surface area contributed by atoms with E-state index in [2.05, 4.69) is 9.71 Å². The molecule has 104 valence electrons. The molecule has 0 aliphatic rings. The zero-order valence-electron chi connectivity index (χ0n) is 10.5. The van der Waals surface area contributed by atoms with Crippen LogP contribution in [0.1, 0.15) is 17.6 Å². The highest BCUT2D eigenvalue weighted by molar-refractivity contribution is 7.89. The third-order valence-electron chi connectivity index (χ3n) is 2.72. The van der Waals surface area contributed by atoms with Gasteiger partial charge < -0.3 is 10.3 Å². The fourth-order valence-corrected chi connectivity index (χ4v) is 3.42. The molecule has 0 unspecified atom stereocenters. The SMILES string of the molecule is CCn1cc(S(=O)(=O)NCc2nccs2)cc1CN. The van der Waals surface area contributed by atoms with E-state index in [0.717, 1.165) is 10.7 Å². The van der Waals surface area contributed by atoms with Crippen molar-refractivity contribution in [3.8, 4) is 0 Å². The van der Waals surface area contributed by atoms with Crippen molar-refractivity contribution in [2.24, 2.45) is 5.73 Å². The molecule has 0 fully saturated rings. The van der Waals surface area contributed by atoms with Gasteiger partial charge in [0.05, 0.1) is 11.4 Å². The Morgan fingerprint density at radius 2 is 2.32 bits per heavy atom. The van der Waals surface area contributed by atoms with E-state index in [1.54, 1.807) is 18.5 Å². The molecule has 6 nitrogen and oxygen atoms in total. The van der Waals surface area contributed by atoms with Gasteiger partial charge in [-0.15, -0.1) is 11.3 Å². The molecule has 0 saturated carbocycles. The molecule has 2 aromatic heterocycles. The Labute approximate surface area is 116 Å². The zero-order valence-corrected chi connectivity index (χ0v) is 12.2. The van der Waals surface area contributed by atoms with Gasteiger partial charge in [0.25, 0.3) is 0 Å². The first-order chi connectivity index (χ1) is 9.06. The average Bonchev–Trinajstić information content (AvgIpc) is 3.05. The summed E-state index contributed by atoms with van der Waals surface area (Å²) in [7, 11) is -3.52. The Bertz CT molecular complexity index is 610. The van der Waals surface area contributed by atoms with Crippen molar-refractivity contribution in [3.05, 3.63) is 34.5 Å². The predicted octanol–water partition coefficient (Wildman–Crippen LogP) is 0.902. The standard InChI is InChI=1S/C11H16N4O2S2/c1-2-15-8-10(5-9(15)6-12)19(16,17)14-7-11-13-3-4-18-11/h3-5,8,14H,2,6-7,12H2,1H3. The maximum Gasteiger partial charge on any atom is 0.242 e. The smallest absolute Gasteiger partial charge is 0.242 e. The lowest BCUT2D eigenvalue weighted by Crippen LogP contribution is -2.22. The van der Waals surface area contributed by atoms with E-state index in [-0.39, 0.29) is 11.4 Å². The highest BCUT2D eigenvalue weighted by atomic mass is 32.2. The quantitative estimate of drug-likeness (QED) is 0.829. The molecular formula is C11H16N4O2S2. The third-order valence-corrected chi connectivity index (χ3v) is 4.87.